The third-order valence-corrected chi connectivity index (χ3v) is 6.71. The number of amides is 1. The minimum atomic E-state index is -0.174. The second kappa shape index (κ2) is 8.31. The summed E-state index contributed by atoms with van der Waals surface area (Å²) in [6.45, 7) is 4.46. The van der Waals surface area contributed by atoms with Gasteiger partial charge in [0.25, 0.3) is 11.5 Å². The molecule has 1 saturated heterocycles. The third-order valence-electron chi connectivity index (χ3n) is 6.71. The Bertz CT molecular complexity index is 1210. The first-order valence-corrected chi connectivity index (χ1v) is 11.1. The maximum absolute atomic E-state index is 12.2. The number of hydrogen-bond acceptors (Lipinski definition) is 7. The molecule has 3 aromatic rings. The number of anilines is 1. The molecule has 9 heteroatoms. The van der Waals surface area contributed by atoms with Gasteiger partial charge in [-0.1, -0.05) is 6.92 Å². The number of aryl methyl sites for hydroxylation is 1. The number of aromatic amines is 1. The number of pyridine rings is 2. The predicted molar refractivity (Wildman–Crippen MR) is 122 cm³/mol. The number of hydrogen-bond donors (Lipinski definition) is 2. The van der Waals surface area contributed by atoms with Crippen LogP contribution in [-0.2, 0) is 13.0 Å². The van der Waals surface area contributed by atoms with Gasteiger partial charge in [-0.15, -0.1) is 5.10 Å². The minimum Gasteiger partial charge on any atom is -0.364 e. The number of carbonyl (C=O) groups excluding carboxylic acids is 1. The number of aromatic nitrogens is 4. The Morgan fingerprint density at radius 1 is 1.19 bits per heavy atom. The zero-order chi connectivity index (χ0) is 22.2. The average molecular weight is 434 g/mol. The van der Waals surface area contributed by atoms with Crippen LogP contribution >= 0.6 is 0 Å². The van der Waals surface area contributed by atoms with Gasteiger partial charge in [0.15, 0.2) is 0 Å². The highest BCUT2D eigenvalue weighted by molar-refractivity contribution is 5.92. The maximum Gasteiger partial charge on any atom is 0.269 e. The summed E-state index contributed by atoms with van der Waals surface area (Å²) in [6, 6.07) is 8.42. The average Bonchev–Trinajstić information content (AvgIpc) is 2.79. The highest BCUT2D eigenvalue weighted by atomic mass is 16.1. The van der Waals surface area contributed by atoms with Crippen LogP contribution in [0.15, 0.2) is 35.3 Å². The van der Waals surface area contributed by atoms with Gasteiger partial charge in [-0.05, 0) is 43.5 Å². The van der Waals surface area contributed by atoms with Crippen LogP contribution in [0.2, 0.25) is 0 Å². The highest BCUT2D eigenvalue weighted by Gasteiger charge is 2.43. The Labute approximate surface area is 185 Å². The quantitative estimate of drug-likeness (QED) is 0.628. The molecule has 5 rings (SSSR count). The van der Waals surface area contributed by atoms with Gasteiger partial charge in [0, 0.05) is 44.3 Å². The monoisotopic (exact) mass is 433 g/mol. The first kappa shape index (κ1) is 20.6. The van der Waals surface area contributed by atoms with Gasteiger partial charge in [-0.2, -0.15) is 5.10 Å². The number of fused-ring (bicyclic) bond motifs is 2. The second-order valence-corrected chi connectivity index (χ2v) is 8.47. The molecule has 0 aromatic carbocycles. The van der Waals surface area contributed by atoms with E-state index >= 15 is 0 Å². The molecule has 2 aliphatic rings. The Kier molecular flexibility index (Phi) is 5.34. The number of piperazine rings is 1. The zero-order valence-corrected chi connectivity index (χ0v) is 18.3. The molecule has 32 heavy (non-hydrogen) atoms. The van der Waals surface area contributed by atoms with Crippen LogP contribution < -0.4 is 15.8 Å². The van der Waals surface area contributed by atoms with Crippen LogP contribution in [0.5, 0.6) is 0 Å². The van der Waals surface area contributed by atoms with Crippen molar-refractivity contribution in [3.63, 3.8) is 0 Å². The van der Waals surface area contributed by atoms with Gasteiger partial charge in [0.05, 0.1) is 23.1 Å². The van der Waals surface area contributed by atoms with Crippen LogP contribution in [0, 0.1) is 0 Å². The third kappa shape index (κ3) is 3.62. The van der Waals surface area contributed by atoms with E-state index in [9.17, 15) is 9.59 Å². The summed E-state index contributed by atoms with van der Waals surface area (Å²) in [4.78, 5) is 36.1. The fraction of sp³-hybridized carbons (Fsp3) is 0.435. The van der Waals surface area contributed by atoms with E-state index in [1.165, 1.54) is 0 Å². The Morgan fingerprint density at radius 3 is 2.72 bits per heavy atom. The molecule has 3 aromatic heterocycles. The van der Waals surface area contributed by atoms with Gasteiger partial charge in [-0.25, -0.2) is 4.98 Å². The lowest BCUT2D eigenvalue weighted by atomic mass is 9.81. The van der Waals surface area contributed by atoms with Crippen LogP contribution in [0.3, 0.4) is 0 Å². The molecular formula is C23H27N7O2. The fourth-order valence-electron chi connectivity index (χ4n) is 4.79. The molecule has 9 nitrogen and oxygen atoms in total. The highest BCUT2D eigenvalue weighted by Crippen LogP contribution is 2.37. The minimum absolute atomic E-state index is 0.0531. The Balaban J connectivity index is 1.30. The van der Waals surface area contributed by atoms with Crippen LogP contribution in [0.4, 0.5) is 5.69 Å². The number of nitrogens with zero attached hydrogens (tertiary/aromatic N) is 5. The van der Waals surface area contributed by atoms with Crippen molar-refractivity contribution in [3.05, 3.63) is 57.8 Å². The largest absolute Gasteiger partial charge is 0.364 e. The summed E-state index contributed by atoms with van der Waals surface area (Å²) in [6.07, 6.45) is 4.74. The molecule has 1 aliphatic heterocycles. The topological polar surface area (TPSA) is 107 Å². The lowest BCUT2D eigenvalue weighted by molar-refractivity contribution is 0.0647. The molecule has 1 amide bonds. The van der Waals surface area contributed by atoms with Crippen molar-refractivity contribution in [1.82, 2.24) is 30.4 Å². The number of H-pyrrole nitrogens is 1. The number of carbonyl (C=O) groups is 1. The maximum atomic E-state index is 12.2. The van der Waals surface area contributed by atoms with E-state index in [1.807, 2.05) is 25.1 Å². The first-order valence-electron chi connectivity index (χ1n) is 11.1. The standard InChI is InChI=1S/C23H27N7O2/c1-3-14-10-19-18(26-22(14)31)11-15(27-28-19)13-29-8-9-30(21-7-6-20(21)29)16-4-5-17(25-12-16)23(32)24-2/h4-5,10-12,20-21H,3,6-9,13H2,1-2H3,(H,24,32)(H,26,31)/t20?,21-/m1/s1. The van der Waals surface area contributed by atoms with Gasteiger partial charge < -0.3 is 15.2 Å². The molecule has 0 radical (unpaired) electrons. The van der Waals surface area contributed by atoms with E-state index in [1.54, 1.807) is 19.3 Å². The fourth-order valence-corrected chi connectivity index (χ4v) is 4.79. The van der Waals surface area contributed by atoms with Crippen LogP contribution in [0.25, 0.3) is 11.0 Å². The summed E-state index contributed by atoms with van der Waals surface area (Å²) in [7, 11) is 1.61. The summed E-state index contributed by atoms with van der Waals surface area (Å²) in [5.41, 5.74) is 4.50. The molecule has 1 saturated carbocycles. The van der Waals surface area contributed by atoms with Crippen LogP contribution in [-0.4, -0.2) is 63.2 Å². The Hall–Kier alpha value is -3.33. The summed E-state index contributed by atoms with van der Waals surface area (Å²) in [5.74, 6) is -0.174. The van der Waals surface area contributed by atoms with Gasteiger partial charge in [0.2, 0.25) is 0 Å². The zero-order valence-electron chi connectivity index (χ0n) is 18.3. The molecule has 166 valence electrons. The molecule has 4 heterocycles. The smallest absolute Gasteiger partial charge is 0.269 e. The summed E-state index contributed by atoms with van der Waals surface area (Å²) < 4.78 is 0. The van der Waals surface area contributed by atoms with Gasteiger partial charge in [-0.3, -0.25) is 14.5 Å². The van der Waals surface area contributed by atoms with E-state index in [0.29, 0.717) is 30.7 Å². The van der Waals surface area contributed by atoms with E-state index in [2.05, 4.69) is 35.3 Å². The van der Waals surface area contributed by atoms with Gasteiger partial charge >= 0.3 is 0 Å². The normalized spacial score (nSPS) is 20.6. The summed E-state index contributed by atoms with van der Waals surface area (Å²) >= 11 is 0. The molecule has 0 spiro atoms. The van der Waals surface area contributed by atoms with Crippen molar-refractivity contribution >= 4 is 22.6 Å². The van der Waals surface area contributed by atoms with Crippen molar-refractivity contribution in [1.29, 1.82) is 0 Å². The van der Waals surface area contributed by atoms with E-state index in [-0.39, 0.29) is 11.5 Å². The first-order chi connectivity index (χ1) is 15.6. The van der Waals surface area contributed by atoms with E-state index in [4.69, 9.17) is 0 Å². The van der Waals surface area contributed by atoms with Gasteiger partial charge in [0.1, 0.15) is 11.2 Å². The number of rotatable bonds is 5. The lowest BCUT2D eigenvalue weighted by Crippen LogP contribution is -2.64. The molecule has 2 fully saturated rings. The van der Waals surface area contributed by atoms with Crippen molar-refractivity contribution in [2.45, 2.75) is 44.8 Å². The van der Waals surface area contributed by atoms with Crippen molar-refractivity contribution in [2.75, 3.05) is 25.0 Å². The van der Waals surface area contributed by atoms with Crippen LogP contribution in [0.1, 0.15) is 41.5 Å². The molecule has 2 N–H and O–H groups in total. The van der Waals surface area contributed by atoms with Crippen molar-refractivity contribution in [3.8, 4) is 0 Å². The van der Waals surface area contributed by atoms with Crippen molar-refractivity contribution < 1.29 is 4.79 Å². The van der Waals surface area contributed by atoms with E-state index in [0.717, 1.165) is 53.9 Å². The predicted octanol–water partition coefficient (Wildman–Crippen LogP) is 1.49. The molecule has 0 bridgehead atoms. The number of nitrogens with one attached hydrogen (secondary N) is 2. The molecule has 1 aliphatic carbocycles. The molecule has 1 unspecified atom stereocenters. The second-order valence-electron chi connectivity index (χ2n) is 8.47. The molecular weight excluding hydrogens is 406 g/mol. The lowest BCUT2D eigenvalue weighted by Gasteiger charge is -2.54. The SMILES string of the molecule is CCc1cc2nnc(CN3CCN(c4ccc(C(=O)NC)nc4)[C@@H]4CCC43)cc2[nH]c1=O. The molecule has 2 atom stereocenters. The van der Waals surface area contributed by atoms with Crippen molar-refractivity contribution in [2.24, 2.45) is 0 Å². The Morgan fingerprint density at radius 2 is 2.03 bits per heavy atom. The summed E-state index contributed by atoms with van der Waals surface area (Å²) in [5, 5.41) is 11.4. The van der Waals surface area contributed by atoms with E-state index < -0.39 is 0 Å².